The lowest BCUT2D eigenvalue weighted by atomic mass is 10.1. The molecule has 2 rings (SSSR count). The molecule has 1 atom stereocenters. The Bertz CT molecular complexity index is 607. The maximum absolute atomic E-state index is 12.2. The Morgan fingerprint density at radius 2 is 2.00 bits per heavy atom. The molecule has 0 spiro atoms. The summed E-state index contributed by atoms with van der Waals surface area (Å²) >= 11 is 0. The Labute approximate surface area is 118 Å². The van der Waals surface area contributed by atoms with Crippen LogP contribution in [0.1, 0.15) is 31.5 Å². The Morgan fingerprint density at radius 3 is 2.65 bits per heavy atom. The van der Waals surface area contributed by atoms with Gasteiger partial charge < -0.3 is 15.6 Å². The summed E-state index contributed by atoms with van der Waals surface area (Å²) in [6.45, 7) is 4.39. The van der Waals surface area contributed by atoms with Gasteiger partial charge in [-0.3, -0.25) is 4.79 Å². The molecule has 0 fully saturated rings. The van der Waals surface area contributed by atoms with Gasteiger partial charge in [-0.25, -0.2) is 4.98 Å². The van der Waals surface area contributed by atoms with E-state index in [1.54, 1.807) is 17.0 Å². The fraction of sp³-hybridized carbons (Fsp3) is 0.333. The highest BCUT2D eigenvalue weighted by molar-refractivity contribution is 5.32. The molecule has 1 unspecified atom stereocenters. The van der Waals surface area contributed by atoms with Crippen molar-refractivity contribution in [3.8, 4) is 0 Å². The summed E-state index contributed by atoms with van der Waals surface area (Å²) in [7, 11) is 0. The minimum absolute atomic E-state index is 0.105. The Balaban J connectivity index is 2.08. The molecule has 5 nitrogen and oxygen atoms in total. The van der Waals surface area contributed by atoms with Gasteiger partial charge in [0.25, 0.3) is 5.56 Å². The number of nitrogens with one attached hydrogen (secondary N) is 1. The molecule has 3 N–H and O–H groups in total. The van der Waals surface area contributed by atoms with Crippen molar-refractivity contribution >= 4 is 5.82 Å². The predicted molar refractivity (Wildman–Crippen MR) is 80.7 cm³/mol. The van der Waals surface area contributed by atoms with Crippen LogP contribution in [0.5, 0.6) is 0 Å². The number of anilines is 1. The summed E-state index contributed by atoms with van der Waals surface area (Å²) in [5.74, 6) is 0.340. The van der Waals surface area contributed by atoms with Gasteiger partial charge in [0.15, 0.2) is 5.82 Å². The van der Waals surface area contributed by atoms with E-state index in [9.17, 15) is 4.79 Å². The monoisotopic (exact) mass is 272 g/mol. The first-order valence-electron chi connectivity index (χ1n) is 6.71. The zero-order valence-corrected chi connectivity index (χ0v) is 11.8. The van der Waals surface area contributed by atoms with E-state index in [1.807, 2.05) is 44.2 Å². The van der Waals surface area contributed by atoms with Crippen molar-refractivity contribution in [2.24, 2.45) is 5.73 Å². The molecule has 0 bridgehead atoms. The second kappa shape index (κ2) is 6.34. The fourth-order valence-electron chi connectivity index (χ4n) is 1.98. The Kier molecular flexibility index (Phi) is 4.53. The minimum Gasteiger partial charge on any atom is -0.364 e. The van der Waals surface area contributed by atoms with Crippen molar-refractivity contribution in [1.82, 2.24) is 9.55 Å². The fourth-order valence-corrected chi connectivity index (χ4v) is 1.98. The summed E-state index contributed by atoms with van der Waals surface area (Å²) in [6.07, 6.45) is 3.31. The molecule has 5 heteroatoms. The Hall–Kier alpha value is -2.14. The molecule has 0 amide bonds. The van der Waals surface area contributed by atoms with Gasteiger partial charge in [-0.05, 0) is 19.4 Å². The Morgan fingerprint density at radius 1 is 1.30 bits per heavy atom. The zero-order valence-electron chi connectivity index (χ0n) is 11.8. The average Bonchev–Trinajstić information content (AvgIpc) is 2.46. The van der Waals surface area contributed by atoms with Crippen molar-refractivity contribution in [3.05, 3.63) is 58.6 Å². The highest BCUT2D eigenvalue weighted by Gasteiger charge is 2.09. The van der Waals surface area contributed by atoms with E-state index in [1.165, 1.54) is 0 Å². The SMILES string of the molecule is CC(C)n1ccnc(NCC(N)c2ccccc2)c1=O. The second-order valence-electron chi connectivity index (χ2n) is 4.98. The first-order chi connectivity index (χ1) is 9.59. The number of nitrogens with two attached hydrogens (primary N) is 1. The normalized spacial score (nSPS) is 12.4. The predicted octanol–water partition coefficient (Wildman–Crippen LogP) is 1.94. The van der Waals surface area contributed by atoms with E-state index in [-0.39, 0.29) is 17.6 Å². The topological polar surface area (TPSA) is 72.9 Å². The van der Waals surface area contributed by atoms with E-state index in [2.05, 4.69) is 10.3 Å². The van der Waals surface area contributed by atoms with Crippen LogP contribution in [0.4, 0.5) is 5.82 Å². The van der Waals surface area contributed by atoms with Gasteiger partial charge in [0.2, 0.25) is 0 Å². The van der Waals surface area contributed by atoms with Gasteiger partial charge in [-0.1, -0.05) is 30.3 Å². The van der Waals surface area contributed by atoms with Gasteiger partial charge in [0.1, 0.15) is 0 Å². The molecule has 0 saturated carbocycles. The van der Waals surface area contributed by atoms with Gasteiger partial charge in [-0.15, -0.1) is 0 Å². The van der Waals surface area contributed by atoms with Crippen LogP contribution < -0.4 is 16.6 Å². The van der Waals surface area contributed by atoms with Gasteiger partial charge in [0.05, 0.1) is 0 Å². The van der Waals surface area contributed by atoms with Crippen LogP contribution in [0.2, 0.25) is 0 Å². The van der Waals surface area contributed by atoms with Crippen molar-refractivity contribution < 1.29 is 0 Å². The molecule has 0 aliphatic rings. The smallest absolute Gasteiger partial charge is 0.293 e. The standard InChI is InChI=1S/C15H20N4O/c1-11(2)19-9-8-17-14(15(19)20)18-10-13(16)12-6-4-3-5-7-12/h3-9,11,13H,10,16H2,1-2H3,(H,17,18). The van der Waals surface area contributed by atoms with Crippen LogP contribution in [-0.4, -0.2) is 16.1 Å². The molecule has 106 valence electrons. The number of rotatable bonds is 5. The summed E-state index contributed by atoms with van der Waals surface area (Å²) < 4.78 is 1.64. The van der Waals surface area contributed by atoms with Gasteiger partial charge in [0, 0.05) is 31.0 Å². The minimum atomic E-state index is -0.176. The summed E-state index contributed by atoms with van der Waals surface area (Å²) in [6, 6.07) is 9.71. The van der Waals surface area contributed by atoms with Crippen LogP contribution in [-0.2, 0) is 0 Å². The van der Waals surface area contributed by atoms with E-state index in [0.29, 0.717) is 12.4 Å². The van der Waals surface area contributed by atoms with E-state index >= 15 is 0 Å². The van der Waals surface area contributed by atoms with E-state index in [0.717, 1.165) is 5.56 Å². The number of nitrogens with zero attached hydrogens (tertiary/aromatic N) is 2. The van der Waals surface area contributed by atoms with Crippen molar-refractivity contribution in [1.29, 1.82) is 0 Å². The molecule has 1 heterocycles. The number of benzene rings is 1. The van der Waals surface area contributed by atoms with Crippen LogP contribution in [0, 0.1) is 0 Å². The average molecular weight is 272 g/mol. The third-order valence-electron chi connectivity index (χ3n) is 3.14. The third-order valence-corrected chi connectivity index (χ3v) is 3.14. The molecule has 0 radical (unpaired) electrons. The van der Waals surface area contributed by atoms with Crippen LogP contribution in [0.25, 0.3) is 0 Å². The lowest BCUT2D eigenvalue weighted by Gasteiger charge is -2.15. The lowest BCUT2D eigenvalue weighted by molar-refractivity contribution is 0.574. The largest absolute Gasteiger partial charge is 0.364 e. The molecule has 0 aliphatic carbocycles. The number of aromatic nitrogens is 2. The van der Waals surface area contributed by atoms with E-state index < -0.39 is 0 Å². The summed E-state index contributed by atoms with van der Waals surface area (Å²) in [5, 5.41) is 3.04. The molecule has 1 aromatic heterocycles. The molecular weight excluding hydrogens is 252 g/mol. The maximum Gasteiger partial charge on any atom is 0.293 e. The van der Waals surface area contributed by atoms with Crippen molar-refractivity contribution in [2.45, 2.75) is 25.9 Å². The van der Waals surface area contributed by atoms with Crippen LogP contribution >= 0.6 is 0 Å². The second-order valence-corrected chi connectivity index (χ2v) is 4.98. The molecule has 2 aromatic rings. The summed E-state index contributed by atoms with van der Waals surface area (Å²) in [5.41, 5.74) is 7.00. The van der Waals surface area contributed by atoms with E-state index in [4.69, 9.17) is 5.73 Å². The van der Waals surface area contributed by atoms with Crippen molar-refractivity contribution in [3.63, 3.8) is 0 Å². The maximum atomic E-state index is 12.2. The zero-order chi connectivity index (χ0) is 14.5. The highest BCUT2D eigenvalue weighted by Crippen LogP contribution is 2.09. The van der Waals surface area contributed by atoms with Crippen molar-refractivity contribution in [2.75, 3.05) is 11.9 Å². The van der Waals surface area contributed by atoms with Gasteiger partial charge >= 0.3 is 0 Å². The van der Waals surface area contributed by atoms with Gasteiger partial charge in [-0.2, -0.15) is 0 Å². The molecular formula is C15H20N4O. The van der Waals surface area contributed by atoms with Crippen LogP contribution in [0.3, 0.4) is 0 Å². The van der Waals surface area contributed by atoms with Crippen LogP contribution in [0.15, 0.2) is 47.5 Å². The third kappa shape index (κ3) is 3.24. The number of hydrogen-bond donors (Lipinski definition) is 2. The first-order valence-corrected chi connectivity index (χ1v) is 6.71. The molecule has 1 aromatic carbocycles. The molecule has 20 heavy (non-hydrogen) atoms. The lowest BCUT2D eigenvalue weighted by Crippen LogP contribution is -2.28. The molecule has 0 saturated heterocycles. The number of hydrogen-bond acceptors (Lipinski definition) is 4. The molecule has 0 aliphatic heterocycles. The first kappa shape index (κ1) is 14.3. The quantitative estimate of drug-likeness (QED) is 0.872. The summed E-state index contributed by atoms with van der Waals surface area (Å²) in [4.78, 5) is 16.2. The highest BCUT2D eigenvalue weighted by atomic mass is 16.1.